The molecule has 0 aliphatic carbocycles. The van der Waals surface area contributed by atoms with Crippen molar-refractivity contribution in [2.24, 2.45) is 0 Å². The van der Waals surface area contributed by atoms with Crippen molar-refractivity contribution in [2.45, 2.75) is 0 Å². The first-order chi connectivity index (χ1) is 7.86. The zero-order chi connectivity index (χ0) is 11.6. The van der Waals surface area contributed by atoms with Crippen LogP contribution in [0.15, 0.2) is 11.6 Å². The van der Waals surface area contributed by atoms with E-state index in [1.165, 1.54) is 5.54 Å². The highest BCUT2D eigenvalue weighted by Gasteiger charge is 2.11. The molecule has 1 fully saturated rings. The van der Waals surface area contributed by atoms with Crippen LogP contribution in [0.25, 0.3) is 0 Å². The van der Waals surface area contributed by atoms with Gasteiger partial charge >= 0.3 is 0 Å². The van der Waals surface area contributed by atoms with Crippen LogP contribution < -0.4 is 0 Å². The third kappa shape index (κ3) is 5.82. The molecule has 1 N–H and O–H groups in total. The van der Waals surface area contributed by atoms with Crippen molar-refractivity contribution in [3.8, 4) is 0 Å². The first-order valence-electron chi connectivity index (χ1n) is 5.75. The molecule has 0 bridgehead atoms. The molecule has 1 aliphatic rings. The van der Waals surface area contributed by atoms with Gasteiger partial charge in [0, 0.05) is 44.8 Å². The average Bonchev–Trinajstić information content (AvgIpc) is 2.34. The fraction of sp³-hybridized carbons (Fsp3) is 0.818. The Morgan fingerprint density at radius 2 is 2.06 bits per heavy atom. The van der Waals surface area contributed by atoms with E-state index in [9.17, 15) is 0 Å². The molecule has 0 saturated carbocycles. The van der Waals surface area contributed by atoms with E-state index in [-0.39, 0.29) is 6.61 Å². The summed E-state index contributed by atoms with van der Waals surface area (Å²) in [5.74, 6) is 0. The number of nitrogens with zero attached hydrogens (tertiary/aromatic N) is 2. The third-order valence-corrected chi connectivity index (χ3v) is 2.88. The van der Waals surface area contributed by atoms with Crippen molar-refractivity contribution in [3.63, 3.8) is 0 Å². The number of hydrogen-bond acceptors (Lipinski definition) is 4. The monoisotopic (exact) mass is 248 g/mol. The lowest BCUT2D eigenvalue weighted by Crippen LogP contribution is -2.42. The standard InChI is InChI=1S/C11H21ClN2O2/c12-2-1-3-13(6-9-15)4-5-14-7-10-16-11-8-14/h1-2,15H,3-11H2. The van der Waals surface area contributed by atoms with Crippen molar-refractivity contribution >= 4 is 11.6 Å². The minimum Gasteiger partial charge on any atom is -0.395 e. The van der Waals surface area contributed by atoms with Gasteiger partial charge in [-0.25, -0.2) is 0 Å². The number of ether oxygens (including phenoxy) is 1. The smallest absolute Gasteiger partial charge is 0.0594 e. The number of rotatable bonds is 7. The van der Waals surface area contributed by atoms with Crippen LogP contribution >= 0.6 is 11.6 Å². The summed E-state index contributed by atoms with van der Waals surface area (Å²) in [5, 5.41) is 8.94. The van der Waals surface area contributed by atoms with E-state index in [1.807, 2.05) is 6.08 Å². The van der Waals surface area contributed by atoms with Crippen LogP contribution in [0.3, 0.4) is 0 Å². The molecule has 0 aromatic heterocycles. The molecular formula is C11H21ClN2O2. The summed E-state index contributed by atoms with van der Waals surface area (Å²) >= 11 is 5.50. The molecule has 5 heteroatoms. The molecule has 0 radical (unpaired) electrons. The van der Waals surface area contributed by atoms with E-state index in [4.69, 9.17) is 21.4 Å². The van der Waals surface area contributed by atoms with Crippen LogP contribution in [0.4, 0.5) is 0 Å². The Morgan fingerprint density at radius 3 is 2.69 bits per heavy atom. The number of aliphatic hydroxyl groups is 1. The Labute approximate surface area is 102 Å². The largest absolute Gasteiger partial charge is 0.395 e. The fourth-order valence-corrected chi connectivity index (χ4v) is 1.81. The maximum atomic E-state index is 8.94. The maximum absolute atomic E-state index is 8.94. The highest BCUT2D eigenvalue weighted by molar-refractivity contribution is 6.25. The molecule has 4 nitrogen and oxygen atoms in total. The number of halogens is 1. The highest BCUT2D eigenvalue weighted by atomic mass is 35.5. The summed E-state index contributed by atoms with van der Waals surface area (Å²) in [6, 6.07) is 0. The summed E-state index contributed by atoms with van der Waals surface area (Å²) in [4.78, 5) is 4.58. The first kappa shape index (κ1) is 13.9. The molecule has 1 saturated heterocycles. The first-order valence-corrected chi connectivity index (χ1v) is 6.19. The van der Waals surface area contributed by atoms with Crippen LogP contribution in [0, 0.1) is 0 Å². The van der Waals surface area contributed by atoms with Crippen LogP contribution in [0.5, 0.6) is 0 Å². The van der Waals surface area contributed by atoms with Crippen LogP contribution in [0.1, 0.15) is 0 Å². The fourth-order valence-electron chi connectivity index (χ4n) is 1.73. The molecular weight excluding hydrogens is 228 g/mol. The van der Waals surface area contributed by atoms with Gasteiger partial charge in [-0.1, -0.05) is 17.7 Å². The molecule has 1 rings (SSSR count). The van der Waals surface area contributed by atoms with Gasteiger partial charge in [0.1, 0.15) is 0 Å². The molecule has 0 aromatic rings. The predicted molar refractivity (Wildman–Crippen MR) is 65.8 cm³/mol. The lowest BCUT2D eigenvalue weighted by atomic mass is 10.3. The SMILES string of the molecule is OCCN(CC=CCl)CCN1CCOCC1. The Balaban J connectivity index is 2.19. The molecule has 16 heavy (non-hydrogen) atoms. The van der Waals surface area contributed by atoms with Gasteiger partial charge in [-0.2, -0.15) is 0 Å². The van der Waals surface area contributed by atoms with E-state index in [0.717, 1.165) is 45.9 Å². The van der Waals surface area contributed by atoms with Crippen LogP contribution in [0.2, 0.25) is 0 Å². The summed E-state index contributed by atoms with van der Waals surface area (Å²) in [7, 11) is 0. The summed E-state index contributed by atoms with van der Waals surface area (Å²) in [6.45, 7) is 7.38. The van der Waals surface area contributed by atoms with Crippen molar-refractivity contribution in [1.82, 2.24) is 9.80 Å². The van der Waals surface area contributed by atoms with E-state index in [1.54, 1.807) is 0 Å². The molecule has 0 atom stereocenters. The minimum atomic E-state index is 0.194. The Morgan fingerprint density at radius 1 is 1.31 bits per heavy atom. The van der Waals surface area contributed by atoms with Crippen molar-refractivity contribution in [2.75, 3.05) is 59.1 Å². The zero-order valence-electron chi connectivity index (χ0n) is 9.65. The molecule has 94 valence electrons. The van der Waals surface area contributed by atoms with Gasteiger partial charge in [-0.15, -0.1) is 0 Å². The van der Waals surface area contributed by atoms with E-state index < -0.39 is 0 Å². The minimum absolute atomic E-state index is 0.194. The van der Waals surface area contributed by atoms with Gasteiger partial charge in [0.2, 0.25) is 0 Å². The Hall–Kier alpha value is -0.130. The molecule has 1 heterocycles. The second-order valence-corrected chi connectivity index (χ2v) is 4.09. The third-order valence-electron chi connectivity index (χ3n) is 2.71. The quantitative estimate of drug-likeness (QED) is 0.706. The summed E-state index contributed by atoms with van der Waals surface area (Å²) in [6.07, 6.45) is 1.90. The summed E-state index contributed by atoms with van der Waals surface area (Å²) in [5.41, 5.74) is 1.53. The van der Waals surface area contributed by atoms with Crippen LogP contribution in [-0.2, 0) is 4.74 Å². The highest BCUT2D eigenvalue weighted by Crippen LogP contribution is 1.98. The zero-order valence-corrected chi connectivity index (χ0v) is 10.4. The lowest BCUT2D eigenvalue weighted by molar-refractivity contribution is 0.0331. The van der Waals surface area contributed by atoms with E-state index in [0.29, 0.717) is 6.54 Å². The second kappa shape index (κ2) is 8.96. The van der Waals surface area contributed by atoms with Crippen LogP contribution in [-0.4, -0.2) is 74.0 Å². The Bertz CT molecular complexity index is 196. The van der Waals surface area contributed by atoms with Gasteiger partial charge in [-0.3, -0.25) is 9.80 Å². The van der Waals surface area contributed by atoms with Crippen molar-refractivity contribution < 1.29 is 9.84 Å². The Kier molecular flexibility index (Phi) is 7.80. The molecule has 0 unspecified atom stereocenters. The second-order valence-electron chi connectivity index (χ2n) is 3.84. The van der Waals surface area contributed by atoms with Crippen molar-refractivity contribution in [3.05, 3.63) is 11.6 Å². The van der Waals surface area contributed by atoms with Gasteiger partial charge < -0.3 is 9.84 Å². The molecule has 1 aliphatic heterocycles. The van der Waals surface area contributed by atoms with E-state index >= 15 is 0 Å². The maximum Gasteiger partial charge on any atom is 0.0594 e. The molecule has 0 amide bonds. The molecule has 0 spiro atoms. The summed E-state index contributed by atoms with van der Waals surface area (Å²) < 4.78 is 5.30. The number of hydrogen-bond donors (Lipinski definition) is 1. The van der Waals surface area contributed by atoms with Crippen molar-refractivity contribution in [1.29, 1.82) is 0 Å². The normalized spacial score (nSPS) is 18.7. The lowest BCUT2D eigenvalue weighted by Gasteiger charge is -2.29. The number of morpholine rings is 1. The average molecular weight is 249 g/mol. The molecule has 0 aromatic carbocycles. The van der Waals surface area contributed by atoms with Gasteiger partial charge in [0.05, 0.1) is 19.8 Å². The van der Waals surface area contributed by atoms with E-state index in [2.05, 4.69) is 9.80 Å². The predicted octanol–water partition coefficient (Wildman–Crippen LogP) is 0.365. The van der Waals surface area contributed by atoms with Gasteiger partial charge in [0.25, 0.3) is 0 Å². The van der Waals surface area contributed by atoms with Gasteiger partial charge in [0.15, 0.2) is 0 Å². The topological polar surface area (TPSA) is 35.9 Å². The van der Waals surface area contributed by atoms with Gasteiger partial charge in [-0.05, 0) is 0 Å². The number of aliphatic hydroxyl groups excluding tert-OH is 1.